The number of hydrogen-bond donors (Lipinski definition) is 0. The quantitative estimate of drug-likeness (QED) is 0.636. The van der Waals surface area contributed by atoms with Crippen molar-refractivity contribution in [2.75, 3.05) is 32.8 Å². The highest BCUT2D eigenvalue weighted by molar-refractivity contribution is 5.92. The summed E-state index contributed by atoms with van der Waals surface area (Å²) in [6.07, 6.45) is 4.79. The van der Waals surface area contributed by atoms with E-state index >= 15 is 0 Å². The fourth-order valence-corrected chi connectivity index (χ4v) is 3.03. The van der Waals surface area contributed by atoms with Crippen molar-refractivity contribution >= 4 is 18.1 Å². The molecule has 1 aromatic heterocycles. The van der Waals surface area contributed by atoms with E-state index in [1.54, 1.807) is 28.1 Å². The summed E-state index contributed by atoms with van der Waals surface area (Å²) < 4.78 is 11.0. The Balaban J connectivity index is 1.43. The van der Waals surface area contributed by atoms with Crippen molar-refractivity contribution in [1.82, 2.24) is 14.8 Å². The first-order valence-electron chi connectivity index (χ1n) is 10.5. The van der Waals surface area contributed by atoms with Gasteiger partial charge in [0.25, 0.3) is 0 Å². The molecular formula is C24H29N3O4. The maximum absolute atomic E-state index is 12.5. The zero-order valence-corrected chi connectivity index (χ0v) is 18.1. The molecule has 0 spiro atoms. The molecule has 2 heterocycles. The number of rotatable bonds is 7. The van der Waals surface area contributed by atoms with Crippen LogP contribution >= 0.6 is 0 Å². The highest BCUT2D eigenvalue weighted by Gasteiger charge is 2.24. The summed E-state index contributed by atoms with van der Waals surface area (Å²) in [7, 11) is 0. The van der Waals surface area contributed by atoms with E-state index in [0.29, 0.717) is 45.3 Å². The Bertz CT molecular complexity index is 873. The zero-order valence-electron chi connectivity index (χ0n) is 18.1. The molecule has 0 radical (unpaired) electrons. The molecule has 0 N–H and O–H groups in total. The number of nitrogens with zero attached hydrogens (tertiary/aromatic N) is 3. The maximum atomic E-state index is 12.5. The summed E-state index contributed by atoms with van der Waals surface area (Å²) >= 11 is 0. The topological polar surface area (TPSA) is 72.0 Å². The third-order valence-electron chi connectivity index (χ3n) is 4.80. The van der Waals surface area contributed by atoms with Gasteiger partial charge >= 0.3 is 6.09 Å². The van der Waals surface area contributed by atoms with Gasteiger partial charge in [-0.05, 0) is 41.8 Å². The molecule has 1 fully saturated rings. The normalized spacial score (nSPS) is 14.2. The van der Waals surface area contributed by atoms with E-state index in [4.69, 9.17) is 9.47 Å². The van der Waals surface area contributed by atoms with E-state index < -0.39 is 0 Å². The van der Waals surface area contributed by atoms with Crippen molar-refractivity contribution in [3.05, 3.63) is 66.0 Å². The smallest absolute Gasteiger partial charge is 0.409 e. The van der Waals surface area contributed by atoms with Gasteiger partial charge in [0.15, 0.2) is 0 Å². The number of piperazine rings is 1. The van der Waals surface area contributed by atoms with Crippen LogP contribution in [-0.4, -0.2) is 59.6 Å². The summed E-state index contributed by atoms with van der Waals surface area (Å²) in [6, 6.07) is 13.3. The lowest BCUT2D eigenvalue weighted by atomic mass is 10.2. The van der Waals surface area contributed by atoms with Crippen LogP contribution in [-0.2, 0) is 16.1 Å². The van der Waals surface area contributed by atoms with Gasteiger partial charge in [-0.3, -0.25) is 9.78 Å². The van der Waals surface area contributed by atoms with Crippen molar-refractivity contribution in [3.63, 3.8) is 0 Å². The average Bonchev–Trinajstić information content (AvgIpc) is 2.81. The molecule has 1 aliphatic heterocycles. The Labute approximate surface area is 183 Å². The first-order valence-corrected chi connectivity index (χ1v) is 10.5. The lowest BCUT2D eigenvalue weighted by Crippen LogP contribution is -2.50. The van der Waals surface area contributed by atoms with Gasteiger partial charge in [0.1, 0.15) is 12.4 Å². The van der Waals surface area contributed by atoms with Crippen LogP contribution in [0, 0.1) is 5.92 Å². The van der Waals surface area contributed by atoms with Gasteiger partial charge in [-0.15, -0.1) is 0 Å². The molecule has 1 saturated heterocycles. The number of carbonyl (C=O) groups is 2. The molecule has 0 bridgehead atoms. The van der Waals surface area contributed by atoms with E-state index in [2.05, 4.69) is 4.98 Å². The number of hydrogen-bond acceptors (Lipinski definition) is 5. The number of carbonyl (C=O) groups excluding carboxylic acids is 2. The van der Waals surface area contributed by atoms with Gasteiger partial charge in [0.2, 0.25) is 5.91 Å². The predicted molar refractivity (Wildman–Crippen MR) is 118 cm³/mol. The zero-order chi connectivity index (χ0) is 22.1. The van der Waals surface area contributed by atoms with E-state index in [0.717, 1.165) is 17.0 Å². The molecule has 164 valence electrons. The lowest BCUT2D eigenvalue weighted by molar-refractivity contribution is -0.127. The monoisotopic (exact) mass is 423 g/mol. The van der Waals surface area contributed by atoms with E-state index in [9.17, 15) is 9.59 Å². The van der Waals surface area contributed by atoms with Gasteiger partial charge in [-0.1, -0.05) is 32.0 Å². The Morgan fingerprint density at radius 2 is 1.74 bits per heavy atom. The summed E-state index contributed by atoms with van der Waals surface area (Å²) in [5.74, 6) is 0.985. The van der Waals surface area contributed by atoms with Crippen LogP contribution in [0.4, 0.5) is 4.79 Å². The Hall–Kier alpha value is -3.35. The second-order valence-electron chi connectivity index (χ2n) is 7.80. The molecule has 3 rings (SSSR count). The predicted octanol–water partition coefficient (Wildman–Crippen LogP) is 3.61. The van der Waals surface area contributed by atoms with Gasteiger partial charge < -0.3 is 19.3 Å². The van der Waals surface area contributed by atoms with Crippen molar-refractivity contribution in [1.29, 1.82) is 0 Å². The second kappa shape index (κ2) is 11.2. The van der Waals surface area contributed by atoms with Crippen LogP contribution in [0.5, 0.6) is 5.75 Å². The fraction of sp³-hybridized carbons (Fsp3) is 0.375. The van der Waals surface area contributed by atoms with Crippen molar-refractivity contribution in [2.24, 2.45) is 5.92 Å². The van der Waals surface area contributed by atoms with Crippen LogP contribution in [0.15, 0.2) is 54.7 Å². The third kappa shape index (κ3) is 7.13. The van der Waals surface area contributed by atoms with E-state index in [1.807, 2.05) is 56.3 Å². The molecule has 0 atom stereocenters. The number of amides is 2. The van der Waals surface area contributed by atoms with Crippen LogP contribution in [0.3, 0.4) is 0 Å². The highest BCUT2D eigenvalue weighted by Crippen LogP contribution is 2.15. The molecule has 7 nitrogen and oxygen atoms in total. The Kier molecular flexibility index (Phi) is 8.04. The lowest BCUT2D eigenvalue weighted by Gasteiger charge is -2.33. The molecule has 31 heavy (non-hydrogen) atoms. The minimum Gasteiger partial charge on any atom is -0.487 e. The van der Waals surface area contributed by atoms with Gasteiger partial charge in [-0.25, -0.2) is 4.79 Å². The molecular weight excluding hydrogens is 394 g/mol. The summed E-state index contributed by atoms with van der Waals surface area (Å²) in [6.45, 7) is 6.79. The minimum absolute atomic E-state index is 0.0642. The van der Waals surface area contributed by atoms with Gasteiger partial charge in [0.05, 0.1) is 12.3 Å². The molecule has 1 aromatic carbocycles. The minimum atomic E-state index is -0.304. The number of ether oxygens (including phenoxy) is 2. The van der Waals surface area contributed by atoms with Crippen LogP contribution in [0.2, 0.25) is 0 Å². The maximum Gasteiger partial charge on any atom is 0.409 e. The number of benzene rings is 1. The van der Waals surface area contributed by atoms with Gasteiger partial charge in [-0.2, -0.15) is 0 Å². The Morgan fingerprint density at radius 1 is 1.03 bits per heavy atom. The van der Waals surface area contributed by atoms with Crippen LogP contribution in [0.1, 0.15) is 25.1 Å². The van der Waals surface area contributed by atoms with Crippen molar-refractivity contribution in [2.45, 2.75) is 20.5 Å². The molecule has 0 aliphatic carbocycles. The average molecular weight is 424 g/mol. The standard InChI is InChI=1S/C24H29N3O4/c1-19(2)17-31-24(29)27-15-13-26(14-16-27)23(28)11-8-20-6-9-22(10-7-20)30-18-21-5-3-4-12-25-21/h3-12,19H,13-18H2,1-2H3. The second-order valence-corrected chi connectivity index (χ2v) is 7.80. The fourth-order valence-electron chi connectivity index (χ4n) is 3.03. The molecule has 1 aliphatic rings. The first-order chi connectivity index (χ1) is 15.0. The van der Waals surface area contributed by atoms with E-state index in [-0.39, 0.29) is 12.0 Å². The highest BCUT2D eigenvalue weighted by atomic mass is 16.6. The molecule has 0 unspecified atom stereocenters. The number of pyridine rings is 1. The van der Waals surface area contributed by atoms with Crippen molar-refractivity contribution in [3.8, 4) is 5.75 Å². The first kappa shape index (κ1) is 22.3. The molecule has 7 heteroatoms. The van der Waals surface area contributed by atoms with Crippen LogP contribution < -0.4 is 4.74 Å². The summed E-state index contributed by atoms with van der Waals surface area (Å²) in [5, 5.41) is 0. The van der Waals surface area contributed by atoms with Gasteiger partial charge in [0, 0.05) is 38.5 Å². The molecule has 2 aromatic rings. The number of aromatic nitrogens is 1. The third-order valence-corrected chi connectivity index (χ3v) is 4.80. The molecule has 0 saturated carbocycles. The Morgan fingerprint density at radius 3 is 2.39 bits per heavy atom. The van der Waals surface area contributed by atoms with Crippen LogP contribution in [0.25, 0.3) is 6.08 Å². The van der Waals surface area contributed by atoms with Crippen molar-refractivity contribution < 1.29 is 19.1 Å². The molecule has 2 amide bonds. The summed E-state index contributed by atoms with van der Waals surface area (Å²) in [5.41, 5.74) is 1.78. The summed E-state index contributed by atoms with van der Waals surface area (Å²) in [4.78, 5) is 32.1. The van der Waals surface area contributed by atoms with E-state index in [1.165, 1.54) is 0 Å². The largest absolute Gasteiger partial charge is 0.487 e. The SMILES string of the molecule is CC(C)COC(=O)N1CCN(C(=O)C=Cc2ccc(OCc3ccccn3)cc2)CC1.